The summed E-state index contributed by atoms with van der Waals surface area (Å²) in [5.41, 5.74) is 1.91. The quantitative estimate of drug-likeness (QED) is 0.373. The van der Waals surface area contributed by atoms with Gasteiger partial charge in [-0.05, 0) is 29.5 Å². The van der Waals surface area contributed by atoms with E-state index in [0.29, 0.717) is 16.6 Å². The summed E-state index contributed by atoms with van der Waals surface area (Å²) in [5, 5.41) is 0. The number of hydrogen-bond donors (Lipinski definition) is 0. The van der Waals surface area contributed by atoms with E-state index < -0.39 is 17.1 Å². The van der Waals surface area contributed by atoms with E-state index in [9.17, 15) is 0 Å². The maximum Gasteiger partial charge on any atom is 0.500 e. The zero-order chi connectivity index (χ0) is 17.4. The predicted octanol–water partition coefficient (Wildman–Crippen LogP) is 4.84. The molecule has 0 spiro atoms. The molecule has 0 aromatic rings. The van der Waals surface area contributed by atoms with Crippen LogP contribution in [-0.4, -0.2) is 45.1 Å². The lowest BCUT2D eigenvalue weighted by atomic mass is 10.4. The molecule has 0 unspecified atom stereocenters. The van der Waals surface area contributed by atoms with Crippen LogP contribution in [-0.2, 0) is 17.7 Å². The van der Waals surface area contributed by atoms with Crippen LogP contribution >= 0.6 is 0 Å². The molecular weight excluding hydrogens is 312 g/mol. The zero-order valence-corrected chi connectivity index (χ0v) is 18.2. The second kappa shape index (κ2) is 10.2. The van der Waals surface area contributed by atoms with Crippen molar-refractivity contribution in [3.05, 3.63) is 0 Å². The van der Waals surface area contributed by atoms with Gasteiger partial charge in [0.25, 0.3) is 0 Å². The highest BCUT2D eigenvalue weighted by Gasteiger charge is 2.45. The van der Waals surface area contributed by atoms with E-state index in [1.165, 1.54) is 0 Å². The van der Waals surface area contributed by atoms with Gasteiger partial charge in [-0.15, -0.1) is 0 Å². The Labute approximate surface area is 140 Å². The predicted molar refractivity (Wildman–Crippen MR) is 97.8 cm³/mol. The molecule has 0 aliphatic carbocycles. The Bertz CT molecular complexity index is 262. The highest BCUT2D eigenvalue weighted by molar-refractivity contribution is 6.77. The summed E-state index contributed by atoms with van der Waals surface area (Å²) in [4.78, 5) is 0. The number of hydrogen-bond acceptors (Lipinski definition) is 4. The fourth-order valence-corrected chi connectivity index (χ4v) is 11.0. The van der Waals surface area contributed by atoms with Gasteiger partial charge in [0.1, 0.15) is 0 Å². The second-order valence-corrected chi connectivity index (χ2v) is 15.5. The van der Waals surface area contributed by atoms with E-state index in [4.69, 9.17) is 17.7 Å². The molecule has 0 N–H and O–H groups in total. The molecule has 0 atom stereocenters. The van der Waals surface area contributed by atoms with Crippen molar-refractivity contribution >= 4 is 17.1 Å². The smallest absolute Gasteiger partial charge is 0.416 e. The van der Waals surface area contributed by atoms with Gasteiger partial charge in [-0.1, -0.05) is 41.5 Å². The minimum atomic E-state index is -2.42. The van der Waals surface area contributed by atoms with Crippen LogP contribution < -0.4 is 0 Å². The Kier molecular flexibility index (Phi) is 10.3. The second-order valence-electron chi connectivity index (χ2n) is 6.92. The van der Waals surface area contributed by atoms with E-state index in [1.807, 2.05) is 0 Å². The first kappa shape index (κ1) is 22.3. The molecule has 0 amide bonds. The SMILES string of the molecule is CO[Si](CCCCO[Si](C(C)C)(C(C)C)C(C)C)(OC)OC. The van der Waals surface area contributed by atoms with E-state index in [0.717, 1.165) is 25.5 Å². The fraction of sp³-hybridized carbons (Fsp3) is 1.00. The summed E-state index contributed by atoms with van der Waals surface area (Å²) in [6, 6.07) is 0.847. The molecule has 6 heteroatoms. The Morgan fingerprint density at radius 3 is 1.41 bits per heavy atom. The summed E-state index contributed by atoms with van der Waals surface area (Å²) >= 11 is 0. The zero-order valence-electron chi connectivity index (χ0n) is 16.2. The van der Waals surface area contributed by atoms with Crippen molar-refractivity contribution in [3.63, 3.8) is 0 Å². The van der Waals surface area contributed by atoms with Gasteiger partial charge in [-0.3, -0.25) is 0 Å². The van der Waals surface area contributed by atoms with Gasteiger partial charge >= 0.3 is 8.80 Å². The van der Waals surface area contributed by atoms with Crippen molar-refractivity contribution in [1.82, 2.24) is 0 Å². The highest BCUT2D eigenvalue weighted by atomic mass is 28.4. The van der Waals surface area contributed by atoms with Crippen LogP contribution in [0.15, 0.2) is 0 Å². The van der Waals surface area contributed by atoms with Gasteiger partial charge < -0.3 is 17.7 Å². The number of rotatable bonds is 12. The minimum Gasteiger partial charge on any atom is -0.416 e. The lowest BCUT2D eigenvalue weighted by Crippen LogP contribution is -2.48. The first-order valence-electron chi connectivity index (χ1n) is 8.51. The van der Waals surface area contributed by atoms with Crippen molar-refractivity contribution in [1.29, 1.82) is 0 Å². The lowest BCUT2D eigenvalue weighted by Gasteiger charge is -2.42. The molecule has 0 rings (SSSR count). The van der Waals surface area contributed by atoms with Crippen LogP contribution in [0.25, 0.3) is 0 Å². The Morgan fingerprint density at radius 1 is 0.682 bits per heavy atom. The maximum atomic E-state index is 6.56. The molecule has 0 saturated heterocycles. The molecule has 0 bridgehead atoms. The van der Waals surface area contributed by atoms with Gasteiger partial charge in [0.05, 0.1) is 0 Å². The van der Waals surface area contributed by atoms with Crippen LogP contribution in [0.2, 0.25) is 22.7 Å². The van der Waals surface area contributed by atoms with Gasteiger partial charge in [0.2, 0.25) is 0 Å². The molecular formula is C16H38O4Si2. The number of unbranched alkanes of at least 4 members (excludes halogenated alkanes) is 1. The van der Waals surface area contributed by atoms with Crippen LogP contribution in [0.5, 0.6) is 0 Å². The molecule has 0 radical (unpaired) electrons. The highest BCUT2D eigenvalue weighted by Crippen LogP contribution is 2.42. The van der Waals surface area contributed by atoms with E-state index in [2.05, 4.69) is 41.5 Å². The van der Waals surface area contributed by atoms with Crippen molar-refractivity contribution in [2.24, 2.45) is 0 Å². The average Bonchev–Trinajstić information content (AvgIpc) is 2.46. The fourth-order valence-electron chi connectivity index (χ4n) is 3.75. The van der Waals surface area contributed by atoms with Crippen molar-refractivity contribution < 1.29 is 17.7 Å². The first-order valence-corrected chi connectivity index (χ1v) is 12.6. The summed E-state index contributed by atoms with van der Waals surface area (Å²) in [5.74, 6) is 0. The van der Waals surface area contributed by atoms with Gasteiger partial charge in [0.15, 0.2) is 8.32 Å². The van der Waals surface area contributed by atoms with Crippen LogP contribution in [0, 0.1) is 0 Å². The lowest BCUT2D eigenvalue weighted by molar-refractivity contribution is 0.122. The maximum absolute atomic E-state index is 6.56. The van der Waals surface area contributed by atoms with Crippen molar-refractivity contribution in [2.45, 2.75) is 77.1 Å². The molecule has 0 aromatic carbocycles. The van der Waals surface area contributed by atoms with Crippen LogP contribution in [0.3, 0.4) is 0 Å². The van der Waals surface area contributed by atoms with Crippen LogP contribution in [0.4, 0.5) is 0 Å². The summed E-state index contributed by atoms with van der Waals surface area (Å²) in [6.07, 6.45) is 2.05. The molecule has 134 valence electrons. The van der Waals surface area contributed by atoms with Crippen molar-refractivity contribution in [3.8, 4) is 0 Å². The van der Waals surface area contributed by atoms with Gasteiger partial charge in [-0.2, -0.15) is 0 Å². The Balaban J connectivity index is 4.48. The third kappa shape index (κ3) is 5.42. The first-order chi connectivity index (χ1) is 10.2. The molecule has 0 aromatic heterocycles. The topological polar surface area (TPSA) is 36.9 Å². The minimum absolute atomic E-state index is 0.637. The average molecular weight is 351 g/mol. The summed E-state index contributed by atoms with van der Waals surface area (Å²) < 4.78 is 22.9. The standard InChI is InChI=1S/C16H38O4Si2/c1-14(2)22(15(3)4,16(5)6)20-12-10-11-13-21(17-7,18-8)19-9/h14-16H,10-13H2,1-9H3. The largest absolute Gasteiger partial charge is 0.500 e. The Hall–Kier alpha value is 0.274. The van der Waals surface area contributed by atoms with E-state index in [-0.39, 0.29) is 0 Å². The molecule has 0 fully saturated rings. The summed E-state index contributed by atoms with van der Waals surface area (Å²) in [6.45, 7) is 14.8. The molecule has 0 aliphatic rings. The monoisotopic (exact) mass is 350 g/mol. The molecule has 0 saturated carbocycles. The van der Waals surface area contributed by atoms with E-state index >= 15 is 0 Å². The molecule has 22 heavy (non-hydrogen) atoms. The molecule has 0 aliphatic heterocycles. The van der Waals surface area contributed by atoms with Crippen molar-refractivity contribution in [2.75, 3.05) is 27.9 Å². The molecule has 0 heterocycles. The van der Waals surface area contributed by atoms with Gasteiger partial charge in [0, 0.05) is 34.0 Å². The third-order valence-electron chi connectivity index (χ3n) is 4.87. The van der Waals surface area contributed by atoms with E-state index in [1.54, 1.807) is 21.3 Å². The third-order valence-corrected chi connectivity index (χ3v) is 13.8. The van der Waals surface area contributed by atoms with Crippen LogP contribution in [0.1, 0.15) is 54.4 Å². The summed E-state index contributed by atoms with van der Waals surface area (Å²) in [7, 11) is 0.858. The van der Waals surface area contributed by atoms with Gasteiger partial charge in [-0.25, -0.2) is 0 Å². The Morgan fingerprint density at radius 2 is 1.09 bits per heavy atom. The molecule has 4 nitrogen and oxygen atoms in total. The normalized spacial score (nSPS) is 13.6.